The van der Waals surface area contributed by atoms with E-state index < -0.39 is 0 Å². The molecule has 0 unspecified atom stereocenters. The Hall–Kier alpha value is -2.93. The van der Waals surface area contributed by atoms with Crippen LogP contribution in [-0.4, -0.2) is 39.1 Å². The van der Waals surface area contributed by atoms with Crippen molar-refractivity contribution in [1.82, 2.24) is 19.4 Å². The van der Waals surface area contributed by atoms with Gasteiger partial charge in [0.15, 0.2) is 0 Å². The molecular weight excluding hydrogens is 376 g/mol. The first-order valence-electron chi connectivity index (χ1n) is 10.8. The molecule has 3 aromatic rings. The van der Waals surface area contributed by atoms with Crippen molar-refractivity contribution in [3.05, 3.63) is 58.0 Å². The molecule has 0 aliphatic carbocycles. The van der Waals surface area contributed by atoms with Crippen molar-refractivity contribution in [2.45, 2.75) is 45.7 Å². The number of nitrogens with two attached hydrogens (primary N) is 1. The molecule has 158 valence electrons. The zero-order valence-electron chi connectivity index (χ0n) is 17.6. The molecule has 1 saturated heterocycles. The van der Waals surface area contributed by atoms with Gasteiger partial charge in [-0.25, -0.2) is 4.98 Å². The van der Waals surface area contributed by atoms with Crippen LogP contribution in [0.15, 0.2) is 41.3 Å². The maximum Gasteiger partial charge on any atom is 0.264 e. The predicted molar refractivity (Wildman–Crippen MR) is 122 cm³/mol. The number of nitrogen functional groups attached to an aromatic ring is 1. The third-order valence-electron chi connectivity index (χ3n) is 5.61. The molecular formula is C23H30N6O. The van der Waals surface area contributed by atoms with Gasteiger partial charge < -0.3 is 15.6 Å². The number of anilines is 2. The number of nitrogens with zero attached hydrogens (tertiary/aromatic N) is 4. The number of benzene rings is 1. The molecule has 1 aromatic carbocycles. The van der Waals surface area contributed by atoms with Crippen LogP contribution in [0.1, 0.15) is 43.7 Å². The Kier molecular flexibility index (Phi) is 6.28. The van der Waals surface area contributed by atoms with Crippen LogP contribution in [0.3, 0.4) is 0 Å². The first kappa shape index (κ1) is 20.3. The van der Waals surface area contributed by atoms with E-state index in [2.05, 4.69) is 51.4 Å². The van der Waals surface area contributed by atoms with Crippen LogP contribution < -0.4 is 16.6 Å². The molecule has 3 N–H and O–H groups in total. The zero-order valence-corrected chi connectivity index (χ0v) is 17.6. The number of nitrogens with one attached hydrogen (secondary N) is 1. The van der Waals surface area contributed by atoms with Crippen LogP contribution in [0.5, 0.6) is 0 Å². The van der Waals surface area contributed by atoms with Crippen LogP contribution in [0.4, 0.5) is 11.8 Å². The lowest BCUT2D eigenvalue weighted by atomic mass is 10.1. The fraction of sp³-hybridized carbons (Fsp3) is 0.435. The van der Waals surface area contributed by atoms with E-state index in [9.17, 15) is 4.79 Å². The number of fused-ring (bicyclic) bond motifs is 1. The summed E-state index contributed by atoms with van der Waals surface area (Å²) in [5.74, 6) is 0.696. The Morgan fingerprint density at radius 2 is 1.87 bits per heavy atom. The van der Waals surface area contributed by atoms with Gasteiger partial charge in [0.1, 0.15) is 11.2 Å². The van der Waals surface area contributed by atoms with Gasteiger partial charge >= 0.3 is 0 Å². The van der Waals surface area contributed by atoms with Crippen molar-refractivity contribution >= 4 is 22.7 Å². The predicted octanol–water partition coefficient (Wildman–Crippen LogP) is 3.23. The molecule has 0 bridgehead atoms. The molecule has 2 aromatic heterocycles. The number of likely N-dealkylation sites (tertiary alicyclic amines) is 1. The van der Waals surface area contributed by atoms with Gasteiger partial charge in [-0.1, -0.05) is 37.6 Å². The molecule has 1 aliphatic rings. The number of hydrogen-bond acceptors (Lipinski definition) is 6. The summed E-state index contributed by atoms with van der Waals surface area (Å²) in [4.78, 5) is 24.3. The molecule has 3 heterocycles. The van der Waals surface area contributed by atoms with Crippen molar-refractivity contribution in [2.75, 3.05) is 30.7 Å². The molecule has 0 atom stereocenters. The van der Waals surface area contributed by atoms with Gasteiger partial charge in [0.2, 0.25) is 5.95 Å². The monoisotopic (exact) mass is 406 g/mol. The Morgan fingerprint density at radius 1 is 1.10 bits per heavy atom. The summed E-state index contributed by atoms with van der Waals surface area (Å²) in [5.41, 5.74) is 8.73. The Morgan fingerprint density at radius 3 is 2.63 bits per heavy atom. The van der Waals surface area contributed by atoms with Gasteiger partial charge in [-0.3, -0.25) is 9.69 Å². The number of rotatable bonds is 8. The van der Waals surface area contributed by atoms with E-state index in [1.807, 2.05) is 6.07 Å². The Bertz CT molecular complexity index is 1070. The normalized spacial score (nSPS) is 14.4. The summed E-state index contributed by atoms with van der Waals surface area (Å²) >= 11 is 0. The summed E-state index contributed by atoms with van der Waals surface area (Å²) in [6, 6.07) is 10.4. The molecule has 0 radical (unpaired) electrons. The number of hydrogen-bond donors (Lipinski definition) is 2. The van der Waals surface area contributed by atoms with Crippen LogP contribution in [-0.2, 0) is 13.1 Å². The largest absolute Gasteiger partial charge is 0.369 e. The van der Waals surface area contributed by atoms with Gasteiger partial charge in [-0.2, -0.15) is 4.98 Å². The SMILES string of the molecule is CCCCNc1nc(N)nc2ccn(Cc3cccc(CN4CCCC4)c3)c(=O)c12. The summed E-state index contributed by atoms with van der Waals surface area (Å²) in [5, 5.41) is 3.76. The first-order valence-corrected chi connectivity index (χ1v) is 10.8. The third-order valence-corrected chi connectivity index (χ3v) is 5.61. The zero-order chi connectivity index (χ0) is 20.9. The quantitative estimate of drug-likeness (QED) is 0.558. The van der Waals surface area contributed by atoms with E-state index in [0.29, 0.717) is 23.3 Å². The maximum absolute atomic E-state index is 13.3. The summed E-state index contributed by atoms with van der Waals surface area (Å²) in [7, 11) is 0. The fourth-order valence-corrected chi connectivity index (χ4v) is 4.06. The van der Waals surface area contributed by atoms with E-state index in [1.165, 1.54) is 31.5 Å². The van der Waals surface area contributed by atoms with Gasteiger partial charge in [-0.15, -0.1) is 0 Å². The van der Waals surface area contributed by atoms with Crippen molar-refractivity contribution < 1.29 is 0 Å². The average molecular weight is 407 g/mol. The van der Waals surface area contributed by atoms with Gasteiger partial charge in [0, 0.05) is 19.3 Å². The summed E-state index contributed by atoms with van der Waals surface area (Å²) in [6.45, 7) is 6.70. The Balaban J connectivity index is 1.61. The molecule has 7 heteroatoms. The van der Waals surface area contributed by atoms with E-state index in [4.69, 9.17) is 5.73 Å². The van der Waals surface area contributed by atoms with Crippen LogP contribution in [0.25, 0.3) is 10.9 Å². The highest BCUT2D eigenvalue weighted by molar-refractivity contribution is 5.89. The van der Waals surface area contributed by atoms with Crippen molar-refractivity contribution in [2.24, 2.45) is 0 Å². The number of unbranched alkanes of at least 4 members (excludes halogenated alkanes) is 1. The lowest BCUT2D eigenvalue weighted by Crippen LogP contribution is -2.23. The minimum atomic E-state index is -0.101. The minimum Gasteiger partial charge on any atom is -0.369 e. The average Bonchev–Trinajstić information content (AvgIpc) is 3.23. The van der Waals surface area contributed by atoms with Crippen LogP contribution in [0.2, 0.25) is 0 Å². The summed E-state index contributed by atoms with van der Waals surface area (Å²) in [6.07, 6.45) is 6.42. The Labute approximate surface area is 176 Å². The molecule has 1 aliphatic heterocycles. The maximum atomic E-state index is 13.3. The highest BCUT2D eigenvalue weighted by Crippen LogP contribution is 2.19. The van der Waals surface area contributed by atoms with Gasteiger partial charge in [0.25, 0.3) is 5.56 Å². The van der Waals surface area contributed by atoms with Crippen molar-refractivity contribution in [3.8, 4) is 0 Å². The van der Waals surface area contributed by atoms with Crippen molar-refractivity contribution in [1.29, 1.82) is 0 Å². The molecule has 30 heavy (non-hydrogen) atoms. The fourth-order valence-electron chi connectivity index (χ4n) is 4.06. The lowest BCUT2D eigenvalue weighted by Gasteiger charge is -2.15. The second-order valence-electron chi connectivity index (χ2n) is 8.02. The van der Waals surface area contributed by atoms with E-state index >= 15 is 0 Å². The van der Waals surface area contributed by atoms with Crippen molar-refractivity contribution in [3.63, 3.8) is 0 Å². The van der Waals surface area contributed by atoms with Gasteiger partial charge in [0.05, 0.1) is 12.1 Å². The highest BCUT2D eigenvalue weighted by Gasteiger charge is 2.14. The smallest absolute Gasteiger partial charge is 0.264 e. The van der Waals surface area contributed by atoms with Crippen LogP contribution >= 0.6 is 0 Å². The van der Waals surface area contributed by atoms with E-state index in [1.54, 1.807) is 10.8 Å². The minimum absolute atomic E-state index is 0.101. The van der Waals surface area contributed by atoms with E-state index in [-0.39, 0.29) is 11.5 Å². The molecule has 1 fully saturated rings. The molecule has 0 spiro atoms. The number of pyridine rings is 1. The standard InChI is InChI=1S/C23H30N6O/c1-2-3-10-25-21-20-19(26-23(24)27-21)9-13-29(22(20)30)16-18-8-6-7-17(14-18)15-28-11-4-5-12-28/h6-9,13-14H,2-5,10-12,15-16H2,1H3,(H3,24,25,26,27). The second kappa shape index (κ2) is 9.26. The topological polar surface area (TPSA) is 89.1 Å². The number of aromatic nitrogens is 3. The molecule has 0 saturated carbocycles. The molecule has 0 amide bonds. The lowest BCUT2D eigenvalue weighted by molar-refractivity contribution is 0.331. The summed E-state index contributed by atoms with van der Waals surface area (Å²) < 4.78 is 1.72. The molecule has 4 rings (SSSR count). The third kappa shape index (κ3) is 4.62. The highest BCUT2D eigenvalue weighted by atomic mass is 16.1. The molecule has 7 nitrogen and oxygen atoms in total. The first-order chi connectivity index (χ1) is 14.6. The van der Waals surface area contributed by atoms with E-state index in [0.717, 1.165) is 31.5 Å². The van der Waals surface area contributed by atoms with Crippen LogP contribution in [0, 0.1) is 0 Å². The second-order valence-corrected chi connectivity index (χ2v) is 8.02. The van der Waals surface area contributed by atoms with Gasteiger partial charge in [-0.05, 0) is 49.5 Å².